The van der Waals surface area contributed by atoms with Crippen LogP contribution < -0.4 is 11.5 Å². The minimum atomic E-state index is 0.423. The summed E-state index contributed by atoms with van der Waals surface area (Å²) in [6.07, 6.45) is 1.41. The first-order chi connectivity index (χ1) is 6.24. The maximum atomic E-state index is 5.70. The standard InChI is InChI=1S/C7H8BrN5/c8-5-1-4(2-9)6-7(10)11-3-12-13(5)6/h1,3H,2,9H2,(H2,10,11,12). The summed E-state index contributed by atoms with van der Waals surface area (Å²) in [5.74, 6) is 0.446. The quantitative estimate of drug-likeness (QED) is 0.764. The average Bonchev–Trinajstić information content (AvgIpc) is 2.45. The van der Waals surface area contributed by atoms with Gasteiger partial charge in [0.25, 0.3) is 0 Å². The molecule has 68 valence electrons. The van der Waals surface area contributed by atoms with Gasteiger partial charge in [-0.25, -0.2) is 9.50 Å². The molecule has 0 atom stereocenters. The summed E-state index contributed by atoms with van der Waals surface area (Å²) in [5.41, 5.74) is 13.0. The number of nitrogens with zero attached hydrogens (tertiary/aromatic N) is 3. The minimum Gasteiger partial charge on any atom is -0.382 e. The van der Waals surface area contributed by atoms with Crippen LogP contribution in [-0.2, 0) is 6.54 Å². The van der Waals surface area contributed by atoms with Crippen molar-refractivity contribution in [3.05, 3.63) is 22.6 Å². The van der Waals surface area contributed by atoms with Gasteiger partial charge in [0.1, 0.15) is 16.4 Å². The van der Waals surface area contributed by atoms with Gasteiger partial charge in [0.05, 0.1) is 0 Å². The van der Waals surface area contributed by atoms with Crippen LogP contribution in [-0.4, -0.2) is 14.6 Å². The summed E-state index contributed by atoms with van der Waals surface area (Å²) in [6, 6.07) is 1.89. The van der Waals surface area contributed by atoms with E-state index < -0.39 is 0 Å². The lowest BCUT2D eigenvalue weighted by molar-refractivity contribution is 0.886. The van der Waals surface area contributed by atoms with Crippen molar-refractivity contribution in [1.82, 2.24) is 14.6 Å². The minimum absolute atomic E-state index is 0.423. The van der Waals surface area contributed by atoms with Crippen LogP contribution in [0.2, 0.25) is 0 Å². The van der Waals surface area contributed by atoms with E-state index in [-0.39, 0.29) is 0 Å². The van der Waals surface area contributed by atoms with Crippen molar-refractivity contribution in [3.8, 4) is 0 Å². The third kappa shape index (κ3) is 1.18. The lowest BCUT2D eigenvalue weighted by Crippen LogP contribution is -2.02. The summed E-state index contributed by atoms with van der Waals surface area (Å²) >= 11 is 3.35. The predicted octanol–water partition coefficient (Wildman–Crippen LogP) is 0.533. The Morgan fingerprint density at radius 2 is 2.31 bits per heavy atom. The molecule has 0 spiro atoms. The van der Waals surface area contributed by atoms with Crippen LogP contribution in [0, 0.1) is 0 Å². The topological polar surface area (TPSA) is 82.2 Å². The molecule has 0 aliphatic carbocycles. The van der Waals surface area contributed by atoms with Crippen LogP contribution in [0.25, 0.3) is 5.52 Å². The Bertz CT molecular complexity index is 449. The molecule has 0 aliphatic heterocycles. The van der Waals surface area contributed by atoms with Crippen LogP contribution in [0.15, 0.2) is 17.0 Å². The van der Waals surface area contributed by atoms with Gasteiger partial charge in [-0.1, -0.05) is 0 Å². The molecule has 0 unspecified atom stereocenters. The van der Waals surface area contributed by atoms with Crippen molar-refractivity contribution >= 4 is 27.3 Å². The smallest absolute Gasteiger partial charge is 0.151 e. The maximum absolute atomic E-state index is 5.70. The van der Waals surface area contributed by atoms with Gasteiger partial charge in [-0.05, 0) is 27.6 Å². The molecular weight excluding hydrogens is 234 g/mol. The van der Waals surface area contributed by atoms with Crippen LogP contribution in [0.4, 0.5) is 5.82 Å². The number of hydrogen-bond donors (Lipinski definition) is 2. The number of halogens is 1. The Hall–Kier alpha value is -1.14. The highest BCUT2D eigenvalue weighted by molar-refractivity contribution is 9.10. The van der Waals surface area contributed by atoms with Gasteiger partial charge < -0.3 is 11.5 Å². The first-order valence-corrected chi connectivity index (χ1v) is 4.50. The largest absolute Gasteiger partial charge is 0.382 e. The highest BCUT2D eigenvalue weighted by Crippen LogP contribution is 2.22. The van der Waals surface area contributed by atoms with Gasteiger partial charge in [0, 0.05) is 6.54 Å². The first kappa shape index (κ1) is 8.46. The van der Waals surface area contributed by atoms with E-state index in [4.69, 9.17) is 11.5 Å². The van der Waals surface area contributed by atoms with Gasteiger partial charge in [0.2, 0.25) is 0 Å². The van der Waals surface area contributed by atoms with Crippen molar-refractivity contribution in [2.75, 3.05) is 5.73 Å². The molecule has 6 heteroatoms. The number of fused-ring (bicyclic) bond motifs is 1. The van der Waals surface area contributed by atoms with Gasteiger partial charge in [-0.3, -0.25) is 0 Å². The van der Waals surface area contributed by atoms with Crippen molar-refractivity contribution in [2.45, 2.75) is 6.54 Å². The van der Waals surface area contributed by atoms with Crippen molar-refractivity contribution in [2.24, 2.45) is 5.73 Å². The maximum Gasteiger partial charge on any atom is 0.151 e. The normalized spacial score (nSPS) is 10.9. The van der Waals surface area contributed by atoms with E-state index in [1.165, 1.54) is 6.33 Å². The molecule has 0 saturated heterocycles. The molecule has 2 heterocycles. The van der Waals surface area contributed by atoms with Crippen molar-refractivity contribution in [1.29, 1.82) is 0 Å². The third-order valence-corrected chi connectivity index (χ3v) is 2.40. The zero-order valence-corrected chi connectivity index (χ0v) is 8.32. The number of hydrogen-bond acceptors (Lipinski definition) is 4. The van der Waals surface area contributed by atoms with E-state index in [0.29, 0.717) is 12.4 Å². The lowest BCUT2D eigenvalue weighted by Gasteiger charge is -1.98. The molecule has 0 radical (unpaired) electrons. The highest BCUT2D eigenvalue weighted by Gasteiger charge is 2.09. The molecule has 0 amide bonds. The second-order valence-electron chi connectivity index (χ2n) is 2.60. The van der Waals surface area contributed by atoms with Gasteiger partial charge >= 0.3 is 0 Å². The van der Waals surface area contributed by atoms with E-state index in [9.17, 15) is 0 Å². The zero-order chi connectivity index (χ0) is 9.42. The molecule has 2 aromatic heterocycles. The number of rotatable bonds is 1. The molecule has 2 aromatic rings. The van der Waals surface area contributed by atoms with Crippen LogP contribution in [0.5, 0.6) is 0 Å². The molecule has 0 aliphatic rings. The Balaban J connectivity index is 2.89. The Kier molecular flexibility index (Phi) is 1.93. The predicted molar refractivity (Wildman–Crippen MR) is 53.0 cm³/mol. The van der Waals surface area contributed by atoms with Crippen LogP contribution >= 0.6 is 15.9 Å². The summed E-state index contributed by atoms with van der Waals surface area (Å²) in [6.45, 7) is 0.423. The summed E-state index contributed by atoms with van der Waals surface area (Å²) in [7, 11) is 0. The van der Waals surface area contributed by atoms with E-state index in [1.54, 1.807) is 4.52 Å². The summed E-state index contributed by atoms with van der Waals surface area (Å²) in [5, 5.41) is 4.03. The monoisotopic (exact) mass is 241 g/mol. The average molecular weight is 242 g/mol. The van der Waals surface area contributed by atoms with E-state index in [0.717, 1.165) is 15.7 Å². The molecule has 0 bridgehead atoms. The van der Waals surface area contributed by atoms with Gasteiger partial charge in [-0.2, -0.15) is 5.10 Å². The zero-order valence-electron chi connectivity index (χ0n) is 6.74. The fraction of sp³-hybridized carbons (Fsp3) is 0.143. The number of nitrogen functional groups attached to an aromatic ring is 1. The Labute approximate surface area is 82.9 Å². The molecule has 0 saturated carbocycles. The molecular formula is C7H8BrN5. The van der Waals surface area contributed by atoms with Gasteiger partial charge in [-0.15, -0.1) is 0 Å². The second-order valence-corrected chi connectivity index (χ2v) is 3.41. The van der Waals surface area contributed by atoms with Crippen LogP contribution in [0.1, 0.15) is 5.56 Å². The van der Waals surface area contributed by atoms with E-state index >= 15 is 0 Å². The molecule has 2 rings (SSSR count). The number of nitrogens with two attached hydrogens (primary N) is 2. The molecule has 5 nitrogen and oxygen atoms in total. The second kappa shape index (κ2) is 2.97. The van der Waals surface area contributed by atoms with Crippen molar-refractivity contribution < 1.29 is 0 Å². The number of aromatic nitrogens is 3. The molecule has 13 heavy (non-hydrogen) atoms. The third-order valence-electron chi connectivity index (χ3n) is 1.84. The summed E-state index contributed by atoms with van der Waals surface area (Å²) in [4.78, 5) is 3.90. The first-order valence-electron chi connectivity index (χ1n) is 3.70. The molecule has 0 fully saturated rings. The highest BCUT2D eigenvalue weighted by atomic mass is 79.9. The molecule has 0 aromatic carbocycles. The Morgan fingerprint density at radius 3 is 3.00 bits per heavy atom. The fourth-order valence-electron chi connectivity index (χ4n) is 1.26. The van der Waals surface area contributed by atoms with Gasteiger partial charge in [0.15, 0.2) is 5.82 Å². The molecule has 4 N–H and O–H groups in total. The van der Waals surface area contributed by atoms with E-state index in [2.05, 4.69) is 26.0 Å². The van der Waals surface area contributed by atoms with Crippen molar-refractivity contribution in [3.63, 3.8) is 0 Å². The number of anilines is 1. The summed E-state index contributed by atoms with van der Waals surface area (Å²) < 4.78 is 2.50. The van der Waals surface area contributed by atoms with Crippen LogP contribution in [0.3, 0.4) is 0 Å². The SMILES string of the molecule is NCc1cc(Br)n2ncnc(N)c12. The fourth-order valence-corrected chi connectivity index (χ4v) is 1.80. The lowest BCUT2D eigenvalue weighted by atomic mass is 10.3. The van der Waals surface area contributed by atoms with E-state index in [1.807, 2.05) is 6.07 Å². The Morgan fingerprint density at radius 1 is 1.54 bits per heavy atom.